The monoisotopic (exact) mass is 278 g/mol. The summed E-state index contributed by atoms with van der Waals surface area (Å²) in [4.78, 5) is 4.38. The van der Waals surface area contributed by atoms with E-state index in [1.165, 1.54) is 11.1 Å². The number of nitrogens with one attached hydrogen (secondary N) is 1. The van der Waals surface area contributed by atoms with E-state index in [0.717, 1.165) is 29.8 Å². The van der Waals surface area contributed by atoms with Crippen LogP contribution in [0.1, 0.15) is 16.8 Å². The van der Waals surface area contributed by atoms with E-state index in [2.05, 4.69) is 46.4 Å². The van der Waals surface area contributed by atoms with Gasteiger partial charge in [0.25, 0.3) is 0 Å². The number of anilines is 1. The summed E-state index contributed by atoms with van der Waals surface area (Å²) in [6.07, 6.45) is 3.59. The number of hydrogen-bond donors (Lipinski definition) is 2. The van der Waals surface area contributed by atoms with E-state index in [4.69, 9.17) is 5.73 Å². The van der Waals surface area contributed by atoms with E-state index < -0.39 is 0 Å². The maximum absolute atomic E-state index is 5.99. The van der Waals surface area contributed by atoms with Gasteiger partial charge >= 0.3 is 0 Å². The second-order valence-corrected chi connectivity index (χ2v) is 5.10. The number of aryl methyl sites for hydroxylation is 3. The molecule has 106 valence electrons. The van der Waals surface area contributed by atoms with E-state index >= 15 is 0 Å². The Balaban J connectivity index is 1.86. The summed E-state index contributed by atoms with van der Waals surface area (Å²) in [7, 11) is 0. The molecule has 0 saturated heterocycles. The lowest BCUT2D eigenvalue weighted by Gasteiger charge is -2.06. The second-order valence-electron chi connectivity index (χ2n) is 5.10. The molecule has 3 rings (SSSR count). The van der Waals surface area contributed by atoms with Crippen molar-refractivity contribution < 1.29 is 0 Å². The van der Waals surface area contributed by atoms with Crippen LogP contribution < -0.4 is 5.73 Å². The van der Waals surface area contributed by atoms with Crippen LogP contribution in [-0.2, 0) is 12.8 Å². The van der Waals surface area contributed by atoms with Crippen LogP contribution in [0.3, 0.4) is 0 Å². The molecular formula is C17H18N4. The molecule has 0 atom stereocenters. The molecule has 2 heterocycles. The Labute approximate surface area is 124 Å². The van der Waals surface area contributed by atoms with E-state index in [-0.39, 0.29) is 0 Å². The summed E-state index contributed by atoms with van der Waals surface area (Å²) in [5.74, 6) is 0.508. The number of nitrogens with zero attached hydrogens (tertiary/aromatic N) is 2. The highest BCUT2D eigenvalue weighted by Crippen LogP contribution is 2.27. The van der Waals surface area contributed by atoms with Gasteiger partial charge in [-0.05, 0) is 43.0 Å². The maximum atomic E-state index is 5.99. The normalized spacial score (nSPS) is 10.7. The van der Waals surface area contributed by atoms with Crippen molar-refractivity contribution in [1.29, 1.82) is 0 Å². The quantitative estimate of drug-likeness (QED) is 0.770. The van der Waals surface area contributed by atoms with Gasteiger partial charge in [-0.3, -0.25) is 10.1 Å². The maximum Gasteiger partial charge on any atom is 0.154 e. The fourth-order valence-corrected chi connectivity index (χ4v) is 2.52. The largest absolute Gasteiger partial charge is 0.382 e. The summed E-state index contributed by atoms with van der Waals surface area (Å²) < 4.78 is 0. The van der Waals surface area contributed by atoms with Gasteiger partial charge in [-0.15, -0.1) is 0 Å². The average Bonchev–Trinajstić information content (AvgIpc) is 2.88. The van der Waals surface area contributed by atoms with Crippen LogP contribution in [0.15, 0.2) is 48.7 Å². The van der Waals surface area contributed by atoms with Crippen LogP contribution in [0.25, 0.3) is 11.3 Å². The summed E-state index contributed by atoms with van der Waals surface area (Å²) in [6, 6.07) is 14.2. The first-order valence-electron chi connectivity index (χ1n) is 7.04. The second kappa shape index (κ2) is 5.79. The zero-order valence-corrected chi connectivity index (χ0v) is 12.0. The highest BCUT2D eigenvalue weighted by molar-refractivity contribution is 5.73. The molecule has 0 radical (unpaired) electrons. The molecule has 3 N–H and O–H groups in total. The first kappa shape index (κ1) is 13.4. The van der Waals surface area contributed by atoms with Crippen molar-refractivity contribution >= 4 is 5.82 Å². The first-order chi connectivity index (χ1) is 10.3. The predicted octanol–water partition coefficient (Wildman–Crippen LogP) is 3.15. The van der Waals surface area contributed by atoms with E-state index in [9.17, 15) is 0 Å². The molecule has 0 aliphatic rings. The predicted molar refractivity (Wildman–Crippen MR) is 84.8 cm³/mol. The van der Waals surface area contributed by atoms with Crippen molar-refractivity contribution in [2.45, 2.75) is 19.8 Å². The Kier molecular flexibility index (Phi) is 3.69. The molecule has 4 nitrogen and oxygen atoms in total. The topological polar surface area (TPSA) is 67.6 Å². The summed E-state index contributed by atoms with van der Waals surface area (Å²) >= 11 is 0. The van der Waals surface area contributed by atoms with Gasteiger partial charge in [0.2, 0.25) is 0 Å². The Morgan fingerprint density at radius 3 is 2.62 bits per heavy atom. The van der Waals surface area contributed by atoms with Crippen molar-refractivity contribution in [3.8, 4) is 11.3 Å². The van der Waals surface area contributed by atoms with Gasteiger partial charge in [0.05, 0.1) is 11.3 Å². The number of hydrogen-bond acceptors (Lipinski definition) is 3. The van der Waals surface area contributed by atoms with Crippen LogP contribution >= 0.6 is 0 Å². The number of benzene rings is 1. The van der Waals surface area contributed by atoms with Crippen LogP contribution in [0.4, 0.5) is 5.82 Å². The Bertz CT molecular complexity index is 732. The number of nitrogens with two attached hydrogens (primary N) is 1. The molecule has 1 aromatic carbocycles. The number of rotatable bonds is 4. The van der Waals surface area contributed by atoms with Crippen molar-refractivity contribution in [2.24, 2.45) is 0 Å². The van der Waals surface area contributed by atoms with Crippen LogP contribution in [-0.4, -0.2) is 15.2 Å². The zero-order valence-electron chi connectivity index (χ0n) is 12.0. The van der Waals surface area contributed by atoms with Crippen molar-refractivity contribution in [1.82, 2.24) is 15.2 Å². The molecule has 2 aromatic heterocycles. The van der Waals surface area contributed by atoms with Gasteiger partial charge in [-0.25, -0.2) is 0 Å². The molecule has 0 spiro atoms. The van der Waals surface area contributed by atoms with Gasteiger partial charge in [0.1, 0.15) is 0 Å². The minimum absolute atomic E-state index is 0.508. The van der Waals surface area contributed by atoms with Crippen molar-refractivity contribution in [2.75, 3.05) is 5.73 Å². The highest BCUT2D eigenvalue weighted by atomic mass is 15.2. The summed E-state index contributed by atoms with van der Waals surface area (Å²) in [6.45, 7) is 2.14. The van der Waals surface area contributed by atoms with Gasteiger partial charge in [0.15, 0.2) is 5.82 Å². The summed E-state index contributed by atoms with van der Waals surface area (Å²) in [5, 5.41) is 7.19. The highest BCUT2D eigenvalue weighted by Gasteiger charge is 2.14. The van der Waals surface area contributed by atoms with Gasteiger partial charge < -0.3 is 5.73 Å². The SMILES string of the molecule is Cc1ccccc1CCc1[nH]nc(N)c1-c1ccccn1. The molecule has 0 aliphatic heterocycles. The number of nitrogen functional groups attached to an aromatic ring is 1. The molecule has 0 saturated carbocycles. The van der Waals surface area contributed by atoms with E-state index in [1.807, 2.05) is 18.2 Å². The lowest BCUT2D eigenvalue weighted by Crippen LogP contribution is -1.97. The molecule has 21 heavy (non-hydrogen) atoms. The molecule has 4 heteroatoms. The number of aromatic amines is 1. The van der Waals surface area contributed by atoms with Crippen LogP contribution in [0.5, 0.6) is 0 Å². The molecule has 0 fully saturated rings. The smallest absolute Gasteiger partial charge is 0.154 e. The third-order valence-electron chi connectivity index (χ3n) is 3.70. The number of H-pyrrole nitrogens is 1. The molecule has 0 bridgehead atoms. The first-order valence-corrected chi connectivity index (χ1v) is 7.04. The van der Waals surface area contributed by atoms with Gasteiger partial charge in [-0.2, -0.15) is 5.10 Å². The fraction of sp³-hybridized carbons (Fsp3) is 0.176. The summed E-state index contributed by atoms with van der Waals surface area (Å²) in [5.41, 5.74) is 11.5. The van der Waals surface area contributed by atoms with Gasteiger partial charge in [-0.1, -0.05) is 30.3 Å². The van der Waals surface area contributed by atoms with E-state index in [0.29, 0.717) is 5.82 Å². The average molecular weight is 278 g/mol. The minimum atomic E-state index is 0.508. The molecule has 0 unspecified atom stereocenters. The standard InChI is InChI=1S/C17H18N4/c1-12-6-2-3-7-13(12)9-10-15-16(17(18)21-20-15)14-8-4-5-11-19-14/h2-8,11H,9-10H2,1H3,(H3,18,20,21). The van der Waals surface area contributed by atoms with Crippen LogP contribution in [0, 0.1) is 6.92 Å². The molecule has 3 aromatic rings. The van der Waals surface area contributed by atoms with Crippen molar-refractivity contribution in [3.05, 3.63) is 65.5 Å². The third kappa shape index (κ3) is 2.79. The Morgan fingerprint density at radius 2 is 1.86 bits per heavy atom. The molecular weight excluding hydrogens is 260 g/mol. The fourth-order valence-electron chi connectivity index (χ4n) is 2.52. The Hall–Kier alpha value is -2.62. The van der Waals surface area contributed by atoms with Gasteiger partial charge in [0, 0.05) is 11.9 Å². The Morgan fingerprint density at radius 1 is 1.05 bits per heavy atom. The lowest BCUT2D eigenvalue weighted by molar-refractivity contribution is 0.888. The minimum Gasteiger partial charge on any atom is -0.382 e. The molecule has 0 amide bonds. The number of aromatic nitrogens is 3. The number of pyridine rings is 1. The van der Waals surface area contributed by atoms with E-state index in [1.54, 1.807) is 6.20 Å². The van der Waals surface area contributed by atoms with Crippen LogP contribution in [0.2, 0.25) is 0 Å². The third-order valence-corrected chi connectivity index (χ3v) is 3.70. The molecule has 0 aliphatic carbocycles. The zero-order chi connectivity index (χ0) is 14.7. The lowest BCUT2D eigenvalue weighted by atomic mass is 10.0. The van der Waals surface area contributed by atoms with Crippen molar-refractivity contribution in [3.63, 3.8) is 0 Å².